The summed E-state index contributed by atoms with van der Waals surface area (Å²) in [5.74, 6) is -2.56. The van der Waals surface area contributed by atoms with Crippen LogP contribution in [0, 0.1) is 11.8 Å². The number of Topliss-reactive ketones (excluding diaryl/α,β-unsaturated/α-hetero) is 1. The number of carboxylic acids is 1. The molecule has 1 saturated carbocycles. The van der Waals surface area contributed by atoms with E-state index in [-0.39, 0.29) is 18.2 Å². The second kappa shape index (κ2) is 6.69. The van der Waals surface area contributed by atoms with Gasteiger partial charge in [0.1, 0.15) is 6.61 Å². The molecule has 2 amide bonds. The number of rotatable bonds is 5. The Hall–Kier alpha value is -3.14. The van der Waals surface area contributed by atoms with Crippen LogP contribution in [0.2, 0.25) is 0 Å². The first kappa shape index (κ1) is 20.5. The minimum atomic E-state index is -1.14. The summed E-state index contributed by atoms with van der Waals surface area (Å²) in [5.41, 5.74) is 1.04. The van der Waals surface area contributed by atoms with Crippen LogP contribution in [0.25, 0.3) is 0 Å². The molecule has 6 rings (SSSR count). The fourth-order valence-electron chi connectivity index (χ4n) is 7.16. The van der Waals surface area contributed by atoms with Gasteiger partial charge in [0, 0.05) is 30.4 Å². The molecule has 4 heterocycles. The molecule has 0 aromatic heterocycles. The lowest BCUT2D eigenvalue weighted by Crippen LogP contribution is -2.78. The number of carbonyl (C=O) groups is 4. The summed E-state index contributed by atoms with van der Waals surface area (Å²) in [6.07, 6.45) is 0.434. The van der Waals surface area contributed by atoms with Crippen LogP contribution in [0.4, 0.5) is 5.69 Å². The lowest BCUT2D eigenvalue weighted by atomic mass is 9.51. The molecule has 0 radical (unpaired) electrons. The topological polar surface area (TPSA) is 123 Å². The third-order valence-electron chi connectivity index (χ3n) is 8.37. The van der Waals surface area contributed by atoms with E-state index in [0.717, 1.165) is 12.0 Å². The summed E-state index contributed by atoms with van der Waals surface area (Å²) in [6, 6.07) is 3.25. The molecule has 2 bridgehead atoms. The third-order valence-corrected chi connectivity index (χ3v) is 8.37. The molecule has 1 N–H and O–H groups in total. The fraction of sp³-hybridized carbons (Fsp3) is 0.565. The van der Waals surface area contributed by atoms with Crippen molar-refractivity contribution in [2.24, 2.45) is 11.8 Å². The number of nitrogens with zero attached hydrogens (tertiary/aromatic N) is 2. The number of fused-ring (bicyclic) bond motifs is 5. The van der Waals surface area contributed by atoms with Gasteiger partial charge >= 0.3 is 5.97 Å². The summed E-state index contributed by atoms with van der Waals surface area (Å²) >= 11 is 0. The molecule has 1 aromatic carbocycles. The van der Waals surface area contributed by atoms with E-state index in [1.54, 1.807) is 23.0 Å². The van der Waals surface area contributed by atoms with Crippen molar-refractivity contribution in [3.8, 4) is 11.5 Å². The van der Waals surface area contributed by atoms with E-state index in [1.807, 2.05) is 6.07 Å². The first-order valence-corrected chi connectivity index (χ1v) is 11.1. The monoisotopic (exact) mass is 456 g/mol. The molecule has 174 valence electrons. The van der Waals surface area contributed by atoms with Crippen LogP contribution in [0.1, 0.15) is 30.7 Å². The third kappa shape index (κ3) is 2.41. The van der Waals surface area contributed by atoms with Gasteiger partial charge in [-0.2, -0.15) is 0 Å². The molecule has 0 unspecified atom stereocenters. The largest absolute Gasteiger partial charge is 0.493 e. The Bertz CT molecular complexity index is 1120. The van der Waals surface area contributed by atoms with Gasteiger partial charge in [-0.1, -0.05) is 0 Å². The zero-order valence-corrected chi connectivity index (χ0v) is 18.3. The van der Waals surface area contributed by atoms with Crippen LogP contribution in [-0.4, -0.2) is 78.6 Å². The molecule has 4 aliphatic heterocycles. The summed E-state index contributed by atoms with van der Waals surface area (Å²) in [6.45, 7) is -0.0484. The van der Waals surface area contributed by atoms with Gasteiger partial charge in [0.05, 0.1) is 44.0 Å². The van der Waals surface area contributed by atoms with Gasteiger partial charge in [0.25, 0.3) is 5.91 Å². The molecule has 1 aromatic rings. The molecule has 1 aliphatic carbocycles. The Morgan fingerprint density at radius 3 is 2.55 bits per heavy atom. The summed E-state index contributed by atoms with van der Waals surface area (Å²) < 4.78 is 16.7. The van der Waals surface area contributed by atoms with Crippen molar-refractivity contribution in [3.05, 3.63) is 17.7 Å². The molecule has 6 atom stereocenters. The smallest absolute Gasteiger partial charge is 0.329 e. The average Bonchev–Trinajstić information content (AvgIpc) is 3.12. The average molecular weight is 456 g/mol. The highest BCUT2D eigenvalue weighted by molar-refractivity contribution is 6.38. The second-order valence-electron chi connectivity index (χ2n) is 9.51. The highest BCUT2D eigenvalue weighted by atomic mass is 16.5. The standard InChI is InChI=1S/C23H24N2O8/c1-31-13-5-10-12(6-14(13)32-2)25-16(26)7-15(33-9-17(27)28)18-11-8-23(19(10)20(18)25)3-4-24(23)22(30)21(11)29/h5-6,11,15,18-20H,3-4,7-9H2,1-2H3,(H,27,28)/t11-,15+,18+,19-,20+,23+/m1/s1. The lowest BCUT2D eigenvalue weighted by Gasteiger charge is -2.66. The number of carbonyl (C=O) groups excluding carboxylic acids is 3. The maximum atomic E-state index is 13.4. The zero-order chi connectivity index (χ0) is 23.2. The minimum Gasteiger partial charge on any atom is -0.493 e. The number of piperidine rings is 2. The number of ketones is 1. The SMILES string of the molecule is COc1cc2c(cc1OC)N1C(=O)C[C@H](OCC(=O)O)[C@H]3[C@H]1[C@@H]2[C@@]12CCN1C(=O)C(=O)[C@@H]3C2. The van der Waals surface area contributed by atoms with Crippen LogP contribution >= 0.6 is 0 Å². The van der Waals surface area contributed by atoms with Crippen LogP contribution < -0.4 is 14.4 Å². The quantitative estimate of drug-likeness (QED) is 0.638. The predicted octanol–water partition coefficient (Wildman–Crippen LogP) is 0.566. The summed E-state index contributed by atoms with van der Waals surface area (Å²) in [4.78, 5) is 54.2. The molecule has 4 fully saturated rings. The highest BCUT2D eigenvalue weighted by Crippen LogP contribution is 2.65. The molecule has 10 heteroatoms. The zero-order valence-electron chi connectivity index (χ0n) is 18.3. The van der Waals surface area contributed by atoms with Gasteiger partial charge in [-0.15, -0.1) is 0 Å². The van der Waals surface area contributed by atoms with E-state index in [1.165, 1.54) is 7.11 Å². The first-order valence-electron chi connectivity index (χ1n) is 11.1. The van der Waals surface area contributed by atoms with Crippen LogP contribution in [0.15, 0.2) is 12.1 Å². The molecule has 33 heavy (non-hydrogen) atoms. The van der Waals surface area contributed by atoms with E-state index in [9.17, 15) is 19.2 Å². The van der Waals surface area contributed by atoms with Gasteiger partial charge < -0.3 is 29.1 Å². The Morgan fingerprint density at radius 2 is 1.91 bits per heavy atom. The highest BCUT2D eigenvalue weighted by Gasteiger charge is 2.72. The van der Waals surface area contributed by atoms with Crippen LogP contribution in [-0.2, 0) is 23.9 Å². The number of amides is 2. The van der Waals surface area contributed by atoms with E-state index in [0.29, 0.717) is 30.2 Å². The van der Waals surface area contributed by atoms with Crippen LogP contribution in [0.5, 0.6) is 11.5 Å². The molecule has 10 nitrogen and oxygen atoms in total. The van der Waals surface area contributed by atoms with Gasteiger partial charge in [0.2, 0.25) is 11.7 Å². The molecule has 1 spiro atoms. The fourth-order valence-corrected chi connectivity index (χ4v) is 7.16. The van der Waals surface area contributed by atoms with Crippen molar-refractivity contribution in [2.75, 3.05) is 32.3 Å². The van der Waals surface area contributed by atoms with Crippen molar-refractivity contribution < 1.29 is 38.5 Å². The van der Waals surface area contributed by atoms with Gasteiger partial charge in [-0.3, -0.25) is 14.4 Å². The van der Waals surface area contributed by atoms with Crippen LogP contribution in [0.3, 0.4) is 0 Å². The Kier molecular flexibility index (Phi) is 4.15. The molecule has 3 saturated heterocycles. The maximum absolute atomic E-state index is 13.4. The number of carboxylic acid groups (broad SMARTS) is 1. The number of aliphatic carboxylic acids is 1. The van der Waals surface area contributed by atoms with Crippen molar-refractivity contribution >= 4 is 29.3 Å². The number of anilines is 1. The number of ether oxygens (including phenoxy) is 3. The van der Waals surface area contributed by atoms with Crippen molar-refractivity contribution in [2.45, 2.75) is 42.9 Å². The van der Waals surface area contributed by atoms with Crippen molar-refractivity contribution in [1.29, 1.82) is 0 Å². The number of benzene rings is 1. The van der Waals surface area contributed by atoms with E-state index >= 15 is 0 Å². The Balaban J connectivity index is 1.55. The minimum absolute atomic E-state index is 0.0519. The van der Waals surface area contributed by atoms with Gasteiger partial charge in [0.15, 0.2) is 11.5 Å². The van der Waals surface area contributed by atoms with Crippen molar-refractivity contribution in [1.82, 2.24) is 4.90 Å². The van der Waals surface area contributed by atoms with E-state index in [2.05, 4.69) is 0 Å². The Labute approximate surface area is 189 Å². The predicted molar refractivity (Wildman–Crippen MR) is 111 cm³/mol. The second-order valence-corrected chi connectivity index (χ2v) is 9.51. The lowest BCUT2D eigenvalue weighted by molar-refractivity contribution is -0.188. The summed E-state index contributed by atoms with van der Waals surface area (Å²) in [5, 5.41) is 9.16. The Morgan fingerprint density at radius 1 is 1.18 bits per heavy atom. The molecular formula is C23H24N2O8. The first-order chi connectivity index (χ1) is 15.8. The van der Waals surface area contributed by atoms with E-state index < -0.39 is 53.8 Å². The molecule has 5 aliphatic rings. The number of methoxy groups -OCH3 is 2. The maximum Gasteiger partial charge on any atom is 0.329 e. The van der Waals surface area contributed by atoms with Gasteiger partial charge in [-0.25, -0.2) is 4.79 Å². The van der Waals surface area contributed by atoms with Gasteiger partial charge in [-0.05, 0) is 24.5 Å². The summed E-state index contributed by atoms with van der Waals surface area (Å²) in [7, 11) is 3.07. The normalized spacial score (nSPS) is 35.5. The number of hydrogen-bond donors (Lipinski definition) is 1. The number of hydrogen-bond acceptors (Lipinski definition) is 7. The molecular weight excluding hydrogens is 432 g/mol. The van der Waals surface area contributed by atoms with Crippen molar-refractivity contribution in [3.63, 3.8) is 0 Å². The van der Waals surface area contributed by atoms with E-state index in [4.69, 9.17) is 19.3 Å².